The van der Waals surface area contributed by atoms with Gasteiger partial charge in [-0.15, -0.1) is 0 Å². The van der Waals surface area contributed by atoms with Crippen LogP contribution in [-0.4, -0.2) is 49.8 Å². The molecule has 0 spiro atoms. The zero-order valence-corrected chi connectivity index (χ0v) is 19.6. The number of aliphatic hydroxyl groups is 2. The Kier molecular flexibility index (Phi) is 7.26. The van der Waals surface area contributed by atoms with Gasteiger partial charge in [-0.1, -0.05) is 66.2 Å². The molecular weight excluding hydrogens is 458 g/mol. The number of methoxy groups -OCH3 is 2. The Morgan fingerprint density at radius 3 is 2.18 bits per heavy atom. The van der Waals surface area contributed by atoms with Crippen LogP contribution in [0.1, 0.15) is 28.7 Å². The number of hydrogen-bond acceptors (Lipinski definition) is 6. The SMILES string of the molecule is COc1ccc(C(O)C(O)CNC(=O)OCC2c3ccccc3-c3ccccc32)c(Cl)c1OC. The van der Waals surface area contributed by atoms with Crippen molar-refractivity contribution >= 4 is 17.7 Å². The van der Waals surface area contributed by atoms with E-state index in [4.69, 9.17) is 25.8 Å². The molecule has 3 aromatic carbocycles. The Balaban J connectivity index is 1.36. The fourth-order valence-corrected chi connectivity index (χ4v) is 4.63. The first kappa shape index (κ1) is 23.9. The van der Waals surface area contributed by atoms with Crippen molar-refractivity contribution in [2.24, 2.45) is 0 Å². The number of rotatable bonds is 8. The molecule has 1 aliphatic carbocycles. The number of nitrogens with one attached hydrogen (secondary N) is 1. The smallest absolute Gasteiger partial charge is 0.407 e. The highest BCUT2D eigenvalue weighted by atomic mass is 35.5. The number of carbonyl (C=O) groups excluding carboxylic acids is 1. The molecule has 0 aromatic heterocycles. The zero-order valence-electron chi connectivity index (χ0n) is 18.8. The maximum atomic E-state index is 12.3. The van der Waals surface area contributed by atoms with E-state index in [0.717, 1.165) is 22.3 Å². The highest BCUT2D eigenvalue weighted by Crippen LogP contribution is 2.44. The number of ether oxygens (including phenoxy) is 3. The Bertz CT molecular complexity index is 1140. The molecule has 0 saturated heterocycles. The second-order valence-electron chi connectivity index (χ2n) is 7.92. The lowest BCUT2D eigenvalue weighted by Crippen LogP contribution is -2.36. The van der Waals surface area contributed by atoms with Crippen LogP contribution in [0.5, 0.6) is 11.5 Å². The Labute approximate surface area is 202 Å². The minimum Gasteiger partial charge on any atom is -0.493 e. The number of amides is 1. The topological polar surface area (TPSA) is 97.2 Å². The predicted molar refractivity (Wildman–Crippen MR) is 129 cm³/mol. The highest BCUT2D eigenvalue weighted by molar-refractivity contribution is 6.33. The number of benzene rings is 3. The van der Waals surface area contributed by atoms with Gasteiger partial charge in [-0.25, -0.2) is 4.79 Å². The van der Waals surface area contributed by atoms with E-state index < -0.39 is 18.3 Å². The Morgan fingerprint density at radius 2 is 1.59 bits per heavy atom. The van der Waals surface area contributed by atoms with Crippen LogP contribution in [0, 0.1) is 0 Å². The van der Waals surface area contributed by atoms with Crippen LogP contribution in [0.25, 0.3) is 11.1 Å². The van der Waals surface area contributed by atoms with E-state index in [1.54, 1.807) is 6.07 Å². The first-order chi connectivity index (χ1) is 16.5. The third-order valence-electron chi connectivity index (χ3n) is 6.00. The zero-order chi connectivity index (χ0) is 24.2. The molecule has 178 valence electrons. The van der Waals surface area contributed by atoms with E-state index in [1.807, 2.05) is 36.4 Å². The second kappa shape index (κ2) is 10.3. The molecule has 3 aromatic rings. The van der Waals surface area contributed by atoms with Crippen LogP contribution in [0.2, 0.25) is 5.02 Å². The summed E-state index contributed by atoms with van der Waals surface area (Å²) in [5.74, 6) is 0.575. The van der Waals surface area contributed by atoms with Crippen LogP contribution in [-0.2, 0) is 4.74 Å². The third-order valence-corrected chi connectivity index (χ3v) is 6.39. The van der Waals surface area contributed by atoms with E-state index in [1.165, 1.54) is 20.3 Å². The van der Waals surface area contributed by atoms with Crippen molar-refractivity contribution < 1.29 is 29.2 Å². The Morgan fingerprint density at radius 1 is 0.971 bits per heavy atom. The van der Waals surface area contributed by atoms with Gasteiger partial charge in [0.15, 0.2) is 11.5 Å². The van der Waals surface area contributed by atoms with Crippen molar-refractivity contribution in [3.63, 3.8) is 0 Å². The molecule has 34 heavy (non-hydrogen) atoms. The lowest BCUT2D eigenvalue weighted by atomic mass is 9.98. The molecule has 2 atom stereocenters. The van der Waals surface area contributed by atoms with Crippen molar-refractivity contribution in [1.82, 2.24) is 5.32 Å². The quantitative estimate of drug-likeness (QED) is 0.442. The first-order valence-corrected chi connectivity index (χ1v) is 11.2. The predicted octanol–water partition coefficient (Wildman–Crippen LogP) is 4.29. The molecule has 0 saturated carbocycles. The van der Waals surface area contributed by atoms with Gasteiger partial charge < -0.3 is 29.7 Å². The molecule has 1 amide bonds. The largest absolute Gasteiger partial charge is 0.493 e. The van der Waals surface area contributed by atoms with Gasteiger partial charge in [-0.3, -0.25) is 0 Å². The molecule has 4 rings (SSSR count). The van der Waals surface area contributed by atoms with Gasteiger partial charge in [0, 0.05) is 18.0 Å². The van der Waals surface area contributed by atoms with Gasteiger partial charge in [0.2, 0.25) is 0 Å². The summed E-state index contributed by atoms with van der Waals surface area (Å²) in [5.41, 5.74) is 4.74. The molecule has 1 aliphatic rings. The molecule has 0 fully saturated rings. The number of aliphatic hydroxyl groups excluding tert-OH is 2. The van der Waals surface area contributed by atoms with Crippen LogP contribution in [0.3, 0.4) is 0 Å². The summed E-state index contributed by atoms with van der Waals surface area (Å²) in [7, 11) is 2.90. The van der Waals surface area contributed by atoms with Crippen molar-refractivity contribution in [1.29, 1.82) is 0 Å². The molecule has 8 heteroatoms. The van der Waals surface area contributed by atoms with Gasteiger partial charge in [0.05, 0.1) is 19.2 Å². The van der Waals surface area contributed by atoms with Gasteiger partial charge >= 0.3 is 6.09 Å². The molecule has 0 aliphatic heterocycles. The summed E-state index contributed by atoms with van der Waals surface area (Å²) < 4.78 is 15.9. The van der Waals surface area contributed by atoms with Gasteiger partial charge in [0.25, 0.3) is 0 Å². The maximum absolute atomic E-state index is 12.3. The number of hydrogen-bond donors (Lipinski definition) is 3. The average Bonchev–Trinajstić information content (AvgIpc) is 3.19. The standard InChI is InChI=1S/C26H26ClNO6/c1-32-22-12-11-19(23(27)25(22)33-2)24(30)21(29)13-28-26(31)34-14-20-17-9-5-3-7-15(17)16-8-4-6-10-18(16)20/h3-12,20-21,24,29-30H,13-14H2,1-2H3,(H,28,31). The molecule has 3 N–H and O–H groups in total. The normalized spacial score (nSPS) is 14.0. The van der Waals surface area contributed by atoms with E-state index in [9.17, 15) is 15.0 Å². The molecule has 0 radical (unpaired) electrons. The summed E-state index contributed by atoms with van der Waals surface area (Å²) in [6.45, 7) is -0.0808. The number of halogens is 1. The van der Waals surface area contributed by atoms with Crippen LogP contribution in [0.4, 0.5) is 4.79 Å². The maximum Gasteiger partial charge on any atom is 0.407 e. The third kappa shape index (κ3) is 4.55. The fraction of sp³-hybridized carbons (Fsp3) is 0.269. The van der Waals surface area contributed by atoms with Crippen LogP contribution in [0.15, 0.2) is 60.7 Å². The molecule has 7 nitrogen and oxygen atoms in total. The summed E-state index contributed by atoms with van der Waals surface area (Å²) in [6.07, 6.45) is -3.37. The number of fused-ring (bicyclic) bond motifs is 3. The van der Waals surface area contributed by atoms with Crippen molar-refractivity contribution in [2.45, 2.75) is 18.1 Å². The molecule has 2 unspecified atom stereocenters. The van der Waals surface area contributed by atoms with E-state index in [2.05, 4.69) is 17.4 Å². The van der Waals surface area contributed by atoms with Gasteiger partial charge in [-0.2, -0.15) is 0 Å². The summed E-state index contributed by atoms with van der Waals surface area (Å²) in [6, 6.07) is 19.2. The van der Waals surface area contributed by atoms with Crippen LogP contribution < -0.4 is 14.8 Å². The van der Waals surface area contributed by atoms with Crippen molar-refractivity contribution in [2.75, 3.05) is 27.4 Å². The number of carbonyl (C=O) groups is 1. The van der Waals surface area contributed by atoms with Gasteiger partial charge in [-0.05, 0) is 28.3 Å². The molecule has 0 heterocycles. The monoisotopic (exact) mass is 483 g/mol. The molecule has 0 bridgehead atoms. The minimum absolute atomic E-state index is 0.0702. The summed E-state index contributed by atoms with van der Waals surface area (Å²) in [4.78, 5) is 12.3. The minimum atomic E-state index is -1.36. The fourth-order valence-electron chi connectivity index (χ4n) is 4.29. The summed E-state index contributed by atoms with van der Waals surface area (Å²) >= 11 is 6.31. The van der Waals surface area contributed by atoms with Crippen molar-refractivity contribution in [3.8, 4) is 22.6 Å². The first-order valence-electron chi connectivity index (χ1n) is 10.8. The lowest BCUT2D eigenvalue weighted by Gasteiger charge is -2.21. The van der Waals surface area contributed by atoms with E-state index in [-0.39, 0.29) is 35.4 Å². The Hall–Kier alpha value is -3.26. The molecular formula is C26H26ClNO6. The van der Waals surface area contributed by atoms with Crippen LogP contribution >= 0.6 is 11.6 Å². The summed E-state index contributed by atoms with van der Waals surface area (Å²) in [5, 5.41) is 23.6. The lowest BCUT2D eigenvalue weighted by molar-refractivity contribution is 0.0185. The van der Waals surface area contributed by atoms with E-state index >= 15 is 0 Å². The van der Waals surface area contributed by atoms with Crippen molar-refractivity contribution in [3.05, 3.63) is 82.4 Å². The number of alkyl carbamates (subject to hydrolysis) is 1. The van der Waals surface area contributed by atoms with Gasteiger partial charge in [0.1, 0.15) is 18.8 Å². The highest BCUT2D eigenvalue weighted by Gasteiger charge is 2.29. The average molecular weight is 484 g/mol. The van der Waals surface area contributed by atoms with E-state index in [0.29, 0.717) is 5.75 Å². The second-order valence-corrected chi connectivity index (χ2v) is 8.30.